The maximum Gasteiger partial charge on any atom is 0.326 e. The topological polar surface area (TPSA) is 208 Å². The fraction of sp³-hybridized carbons (Fsp3) is 0.706. The van der Waals surface area contributed by atoms with Crippen molar-refractivity contribution in [1.82, 2.24) is 16.0 Å². The molecule has 12 nitrogen and oxygen atoms in total. The van der Waals surface area contributed by atoms with E-state index in [0.29, 0.717) is 0 Å². The fourth-order valence-corrected chi connectivity index (χ4v) is 2.53. The van der Waals surface area contributed by atoms with Crippen LogP contribution in [0.4, 0.5) is 0 Å². The average molecular weight is 451 g/mol. The second-order valence-electron chi connectivity index (χ2n) is 7.20. The molecule has 0 aliphatic heterocycles. The zero-order valence-corrected chi connectivity index (χ0v) is 17.9. The van der Waals surface area contributed by atoms with Crippen LogP contribution in [-0.4, -0.2) is 81.0 Å². The summed E-state index contributed by atoms with van der Waals surface area (Å²) in [5, 5.41) is 34.5. The summed E-state index contributed by atoms with van der Waals surface area (Å²) in [6.07, 6.45) is -2.09. The molecule has 0 aliphatic rings. The van der Waals surface area contributed by atoms with E-state index in [0.717, 1.165) is 0 Å². The van der Waals surface area contributed by atoms with Crippen LogP contribution in [0.15, 0.2) is 0 Å². The zero-order valence-electron chi connectivity index (χ0n) is 17.0. The molecule has 30 heavy (non-hydrogen) atoms. The van der Waals surface area contributed by atoms with Crippen molar-refractivity contribution in [3.8, 4) is 0 Å². The average Bonchev–Trinajstić information content (AvgIpc) is 2.62. The highest BCUT2D eigenvalue weighted by molar-refractivity contribution is 7.80. The van der Waals surface area contributed by atoms with Crippen molar-refractivity contribution in [2.24, 2.45) is 11.7 Å². The number of aliphatic carboxylic acids is 2. The van der Waals surface area contributed by atoms with Crippen LogP contribution in [0.3, 0.4) is 0 Å². The Labute approximate surface area is 179 Å². The highest BCUT2D eigenvalue weighted by Crippen LogP contribution is 2.07. The Morgan fingerprint density at radius 1 is 0.900 bits per heavy atom. The number of amides is 3. The van der Waals surface area contributed by atoms with E-state index in [4.69, 9.17) is 15.9 Å². The number of nitrogens with one attached hydrogen (secondary N) is 3. The lowest BCUT2D eigenvalue weighted by molar-refractivity contribution is -0.147. The van der Waals surface area contributed by atoms with Gasteiger partial charge in [-0.3, -0.25) is 19.2 Å². The van der Waals surface area contributed by atoms with Gasteiger partial charge in [0, 0.05) is 5.75 Å². The number of carbonyl (C=O) groups excluding carboxylic acids is 3. The fourth-order valence-electron chi connectivity index (χ4n) is 2.36. The summed E-state index contributed by atoms with van der Waals surface area (Å²) in [5.74, 6) is -5.62. The number of thiol groups is 1. The third kappa shape index (κ3) is 9.89. The van der Waals surface area contributed by atoms with Gasteiger partial charge in [-0.05, 0) is 19.3 Å². The van der Waals surface area contributed by atoms with Gasteiger partial charge in [-0.25, -0.2) is 4.79 Å². The number of nitrogens with two attached hydrogens (primary N) is 1. The number of hydrogen-bond acceptors (Lipinski definition) is 8. The Kier molecular flexibility index (Phi) is 12.0. The van der Waals surface area contributed by atoms with Gasteiger partial charge in [0.25, 0.3) is 0 Å². The third-order valence-corrected chi connectivity index (χ3v) is 4.32. The molecule has 0 heterocycles. The lowest BCUT2D eigenvalue weighted by Gasteiger charge is -2.27. The molecular weight excluding hydrogens is 420 g/mol. The van der Waals surface area contributed by atoms with Gasteiger partial charge in [-0.2, -0.15) is 12.6 Å². The number of carbonyl (C=O) groups is 5. The molecule has 3 amide bonds. The number of aliphatic hydroxyl groups excluding tert-OH is 1. The van der Waals surface area contributed by atoms with Crippen LogP contribution in [0, 0.1) is 5.92 Å². The van der Waals surface area contributed by atoms with Crippen molar-refractivity contribution >= 4 is 42.3 Å². The minimum atomic E-state index is -1.69. The summed E-state index contributed by atoms with van der Waals surface area (Å²) in [6.45, 7) is 4.75. The molecule has 5 unspecified atom stereocenters. The highest BCUT2D eigenvalue weighted by Gasteiger charge is 2.33. The Hall–Kier alpha value is -2.38. The lowest BCUT2D eigenvalue weighted by atomic mass is 10.0. The maximum atomic E-state index is 12.6. The Morgan fingerprint density at radius 3 is 1.83 bits per heavy atom. The number of aliphatic hydroxyl groups is 1. The predicted octanol–water partition coefficient (Wildman–Crippen LogP) is -2.32. The molecule has 0 aromatic rings. The molecule has 0 rings (SSSR count). The van der Waals surface area contributed by atoms with Crippen molar-refractivity contribution in [2.75, 3.05) is 5.75 Å². The van der Waals surface area contributed by atoms with Crippen LogP contribution in [0.25, 0.3) is 0 Å². The van der Waals surface area contributed by atoms with E-state index in [2.05, 4.69) is 28.6 Å². The summed E-state index contributed by atoms with van der Waals surface area (Å²) < 4.78 is 0. The Bertz CT molecular complexity index is 643. The van der Waals surface area contributed by atoms with E-state index in [9.17, 15) is 29.1 Å². The summed E-state index contributed by atoms with van der Waals surface area (Å²) in [4.78, 5) is 59.0. The van der Waals surface area contributed by atoms with Crippen molar-refractivity contribution in [2.45, 2.75) is 63.9 Å². The summed E-state index contributed by atoms with van der Waals surface area (Å²) in [6, 6.07) is -5.38. The van der Waals surface area contributed by atoms with Gasteiger partial charge in [0.05, 0.1) is 18.6 Å². The van der Waals surface area contributed by atoms with E-state index in [1.165, 1.54) is 6.92 Å². The first-order valence-corrected chi connectivity index (χ1v) is 9.83. The van der Waals surface area contributed by atoms with Crippen LogP contribution < -0.4 is 21.7 Å². The van der Waals surface area contributed by atoms with Crippen molar-refractivity contribution < 1.29 is 39.3 Å². The van der Waals surface area contributed by atoms with E-state index in [1.54, 1.807) is 13.8 Å². The first kappa shape index (κ1) is 27.6. The first-order chi connectivity index (χ1) is 13.8. The second-order valence-corrected chi connectivity index (χ2v) is 7.57. The number of carboxylic acid groups (broad SMARTS) is 2. The van der Waals surface area contributed by atoms with Crippen LogP contribution in [-0.2, 0) is 24.0 Å². The highest BCUT2D eigenvalue weighted by atomic mass is 32.1. The quantitative estimate of drug-likeness (QED) is 0.141. The first-order valence-electron chi connectivity index (χ1n) is 9.20. The minimum absolute atomic E-state index is 0.00147. The number of hydrogen-bond donors (Lipinski definition) is 8. The van der Waals surface area contributed by atoms with Gasteiger partial charge < -0.3 is 37.0 Å². The van der Waals surface area contributed by atoms with Crippen molar-refractivity contribution in [3.63, 3.8) is 0 Å². The molecule has 0 spiro atoms. The van der Waals surface area contributed by atoms with Gasteiger partial charge in [-0.15, -0.1) is 0 Å². The third-order valence-electron chi connectivity index (χ3n) is 3.93. The van der Waals surface area contributed by atoms with Gasteiger partial charge in [0.1, 0.15) is 18.1 Å². The molecule has 0 aromatic heterocycles. The largest absolute Gasteiger partial charge is 0.481 e. The molecule has 0 fully saturated rings. The van der Waals surface area contributed by atoms with E-state index >= 15 is 0 Å². The van der Waals surface area contributed by atoms with Gasteiger partial charge in [-0.1, -0.05) is 13.8 Å². The van der Waals surface area contributed by atoms with Gasteiger partial charge in [0.15, 0.2) is 0 Å². The molecule has 0 saturated carbocycles. The van der Waals surface area contributed by atoms with Crippen LogP contribution in [0.2, 0.25) is 0 Å². The monoisotopic (exact) mass is 450 g/mol. The summed E-state index contributed by atoms with van der Waals surface area (Å²) in [5.41, 5.74) is 5.53. The van der Waals surface area contributed by atoms with Gasteiger partial charge in [0.2, 0.25) is 17.7 Å². The minimum Gasteiger partial charge on any atom is -0.481 e. The van der Waals surface area contributed by atoms with Crippen molar-refractivity contribution in [3.05, 3.63) is 0 Å². The number of carboxylic acids is 2. The van der Waals surface area contributed by atoms with E-state index in [-0.39, 0.29) is 18.1 Å². The maximum absolute atomic E-state index is 12.6. The normalized spacial score (nSPS) is 16.0. The lowest BCUT2D eigenvalue weighted by Crippen LogP contribution is -2.60. The second kappa shape index (κ2) is 13.0. The van der Waals surface area contributed by atoms with Gasteiger partial charge >= 0.3 is 11.9 Å². The molecule has 8 N–H and O–H groups in total. The van der Waals surface area contributed by atoms with Crippen LogP contribution in [0.5, 0.6) is 0 Å². The summed E-state index contributed by atoms with van der Waals surface area (Å²) >= 11 is 3.88. The molecule has 0 aromatic carbocycles. The molecule has 172 valence electrons. The number of rotatable bonds is 13. The molecular formula is C17H30N4O8S. The molecule has 0 saturated heterocycles. The van der Waals surface area contributed by atoms with Crippen molar-refractivity contribution in [1.29, 1.82) is 0 Å². The molecule has 0 bridgehead atoms. The molecule has 13 heteroatoms. The van der Waals surface area contributed by atoms with E-state index < -0.39 is 66.4 Å². The molecule has 0 radical (unpaired) electrons. The smallest absolute Gasteiger partial charge is 0.326 e. The SMILES string of the molecule is CC(C)CC(NC(=O)C(NC(=O)C(N)CS)C(C)O)C(=O)NC(CC(=O)O)C(=O)O. The zero-order chi connectivity index (χ0) is 23.6. The van der Waals surface area contributed by atoms with Crippen LogP contribution >= 0.6 is 12.6 Å². The van der Waals surface area contributed by atoms with E-state index in [1.807, 2.05) is 0 Å². The molecule has 5 atom stereocenters. The standard InChI is InChI=1S/C17H30N4O8S/c1-7(2)4-10(15(26)20-11(17(28)29)5-12(23)24)19-16(27)13(8(3)22)21-14(25)9(18)6-30/h7-11,13,22,30H,4-6,18H2,1-3H3,(H,19,27)(H,20,26)(H,21,25)(H,23,24)(H,28,29). The predicted molar refractivity (Wildman–Crippen MR) is 109 cm³/mol. The molecule has 0 aliphatic carbocycles. The Morgan fingerprint density at radius 2 is 1.43 bits per heavy atom. The van der Waals surface area contributed by atoms with Crippen LogP contribution in [0.1, 0.15) is 33.6 Å². The summed E-state index contributed by atoms with van der Waals surface area (Å²) in [7, 11) is 0. The Balaban J connectivity index is 5.43.